The number of aliphatic hydroxyl groups is 1. The Balaban J connectivity index is 1.73. The topological polar surface area (TPSA) is 110 Å². The summed E-state index contributed by atoms with van der Waals surface area (Å²) in [5, 5.41) is 20.8. The predicted molar refractivity (Wildman–Crippen MR) is 141 cm³/mol. The Bertz CT molecular complexity index is 840. The van der Waals surface area contributed by atoms with Crippen LogP contribution in [0.4, 0.5) is 0 Å². The molecule has 0 radical (unpaired) electrons. The van der Waals surface area contributed by atoms with Crippen LogP contribution in [0.15, 0.2) is 0 Å². The van der Waals surface area contributed by atoms with Crippen LogP contribution in [0.3, 0.4) is 0 Å². The van der Waals surface area contributed by atoms with Crippen molar-refractivity contribution in [3.63, 3.8) is 0 Å². The minimum atomic E-state index is -0.978. The van der Waals surface area contributed by atoms with Crippen molar-refractivity contribution >= 4 is 17.9 Å². The summed E-state index contributed by atoms with van der Waals surface area (Å²) >= 11 is 0. The fraction of sp³-hybridized carbons (Fsp3) is 0.900. The van der Waals surface area contributed by atoms with Crippen molar-refractivity contribution in [3.05, 3.63) is 0 Å². The summed E-state index contributed by atoms with van der Waals surface area (Å²) < 4.78 is 11.9. The highest BCUT2D eigenvalue weighted by molar-refractivity contribution is 5.77. The Labute approximate surface area is 223 Å². The van der Waals surface area contributed by atoms with Gasteiger partial charge in [-0.3, -0.25) is 14.4 Å². The molecule has 0 spiro atoms. The van der Waals surface area contributed by atoms with Gasteiger partial charge in [-0.05, 0) is 117 Å². The number of carbonyl (C=O) groups excluding carboxylic acids is 2. The van der Waals surface area contributed by atoms with Crippen molar-refractivity contribution in [2.24, 2.45) is 34.5 Å². The number of carboxylic acids is 1. The molecule has 7 nitrogen and oxygen atoms in total. The van der Waals surface area contributed by atoms with Crippen LogP contribution in [-0.2, 0) is 23.9 Å². The molecule has 4 bridgehead atoms. The third-order valence-electron chi connectivity index (χ3n) is 9.22. The van der Waals surface area contributed by atoms with E-state index in [-0.39, 0.29) is 23.9 Å². The Hall–Kier alpha value is -1.63. The van der Waals surface area contributed by atoms with E-state index < -0.39 is 40.4 Å². The van der Waals surface area contributed by atoms with Crippen LogP contribution in [0.25, 0.3) is 0 Å². The summed E-state index contributed by atoms with van der Waals surface area (Å²) in [7, 11) is 0. The molecule has 0 aliphatic heterocycles. The maximum absolute atomic E-state index is 13.5. The van der Waals surface area contributed by atoms with E-state index in [1.807, 2.05) is 6.92 Å². The van der Waals surface area contributed by atoms with Gasteiger partial charge in [-0.2, -0.15) is 0 Å². The van der Waals surface area contributed by atoms with Gasteiger partial charge in [0.05, 0.1) is 22.9 Å². The standard InChI is InChI=1S/C30H50O7/c1-8-21(13-22(25(32)37-27(3,4)5)10-11-28(6,7)26(33)34)24(31)36-23(9-2)29-14-19-12-20(15-29)17-30(35,16-19)18-29/h19-23,35H,8-18H2,1-7H3,(H,33,34). The molecule has 7 heteroatoms. The Morgan fingerprint density at radius 1 is 0.919 bits per heavy atom. The average molecular weight is 523 g/mol. The first-order valence-corrected chi connectivity index (χ1v) is 14.4. The molecule has 0 aromatic rings. The van der Waals surface area contributed by atoms with E-state index in [2.05, 4.69) is 6.92 Å². The Morgan fingerprint density at radius 2 is 1.51 bits per heavy atom. The maximum atomic E-state index is 13.5. The third kappa shape index (κ3) is 7.07. The lowest BCUT2D eigenvalue weighted by Crippen LogP contribution is -2.59. The van der Waals surface area contributed by atoms with E-state index >= 15 is 0 Å². The van der Waals surface area contributed by atoms with Crippen LogP contribution in [0.2, 0.25) is 0 Å². The quantitative estimate of drug-likeness (QED) is 0.307. The van der Waals surface area contributed by atoms with Crippen molar-refractivity contribution < 1.29 is 34.1 Å². The highest BCUT2D eigenvalue weighted by atomic mass is 16.6. The highest BCUT2D eigenvalue weighted by Crippen LogP contribution is 2.63. The predicted octanol–water partition coefficient (Wildman–Crippen LogP) is 5.90. The molecule has 4 saturated carbocycles. The third-order valence-corrected chi connectivity index (χ3v) is 9.22. The molecule has 4 fully saturated rings. The second-order valence-electron chi connectivity index (χ2n) is 14.2. The van der Waals surface area contributed by atoms with Gasteiger partial charge in [0.1, 0.15) is 11.7 Å². The molecular weight excluding hydrogens is 472 g/mol. The molecule has 0 aromatic heterocycles. The second kappa shape index (κ2) is 10.9. The fourth-order valence-corrected chi connectivity index (χ4v) is 7.67. The molecule has 37 heavy (non-hydrogen) atoms. The number of carboxylic acid groups (broad SMARTS) is 1. The van der Waals surface area contributed by atoms with Gasteiger partial charge in [0, 0.05) is 5.41 Å². The first-order valence-electron chi connectivity index (χ1n) is 14.4. The largest absolute Gasteiger partial charge is 0.481 e. The van der Waals surface area contributed by atoms with Gasteiger partial charge in [-0.25, -0.2) is 0 Å². The van der Waals surface area contributed by atoms with Gasteiger partial charge in [-0.1, -0.05) is 13.8 Å². The number of aliphatic carboxylic acids is 1. The minimum Gasteiger partial charge on any atom is -0.481 e. The lowest BCUT2D eigenvalue weighted by atomic mass is 9.46. The number of esters is 2. The van der Waals surface area contributed by atoms with Crippen LogP contribution < -0.4 is 0 Å². The summed E-state index contributed by atoms with van der Waals surface area (Å²) in [5.41, 5.74) is -2.43. The van der Waals surface area contributed by atoms with Crippen LogP contribution in [-0.4, -0.2) is 45.4 Å². The number of hydrogen-bond donors (Lipinski definition) is 2. The molecule has 5 atom stereocenters. The zero-order valence-corrected chi connectivity index (χ0v) is 24.1. The maximum Gasteiger partial charge on any atom is 0.309 e. The van der Waals surface area contributed by atoms with Crippen LogP contribution in [0, 0.1) is 34.5 Å². The molecule has 2 N–H and O–H groups in total. The summed E-state index contributed by atoms with van der Waals surface area (Å²) in [4.78, 5) is 38.3. The molecular formula is C30H50O7. The monoisotopic (exact) mass is 522 g/mol. The normalized spacial score (nSPS) is 31.5. The van der Waals surface area contributed by atoms with Gasteiger partial charge in [0.2, 0.25) is 0 Å². The van der Waals surface area contributed by atoms with E-state index in [1.165, 1.54) is 6.42 Å². The van der Waals surface area contributed by atoms with Crippen LogP contribution in [0.1, 0.15) is 119 Å². The molecule has 0 amide bonds. The number of carbonyl (C=O) groups is 3. The molecule has 0 saturated heterocycles. The molecule has 4 aliphatic rings. The molecule has 4 aliphatic carbocycles. The second-order valence-corrected chi connectivity index (χ2v) is 14.2. The van der Waals surface area contributed by atoms with Crippen LogP contribution >= 0.6 is 0 Å². The van der Waals surface area contributed by atoms with Crippen molar-refractivity contribution in [1.29, 1.82) is 0 Å². The summed E-state index contributed by atoms with van der Waals surface area (Å²) in [6.45, 7) is 12.7. The van der Waals surface area contributed by atoms with E-state index in [9.17, 15) is 24.6 Å². The Morgan fingerprint density at radius 3 is 1.97 bits per heavy atom. The van der Waals surface area contributed by atoms with Gasteiger partial charge < -0.3 is 19.7 Å². The van der Waals surface area contributed by atoms with Crippen molar-refractivity contribution in [2.45, 2.75) is 136 Å². The first-order chi connectivity index (χ1) is 17.0. The van der Waals surface area contributed by atoms with Crippen molar-refractivity contribution in [1.82, 2.24) is 0 Å². The molecule has 5 unspecified atom stereocenters. The van der Waals surface area contributed by atoms with Gasteiger partial charge in [0.15, 0.2) is 0 Å². The van der Waals surface area contributed by atoms with Gasteiger partial charge in [-0.15, -0.1) is 0 Å². The lowest BCUT2D eigenvalue weighted by molar-refractivity contribution is -0.210. The first kappa shape index (κ1) is 29.9. The zero-order valence-electron chi connectivity index (χ0n) is 24.1. The van der Waals surface area contributed by atoms with Gasteiger partial charge >= 0.3 is 17.9 Å². The minimum absolute atomic E-state index is 0.155. The summed E-state index contributed by atoms with van der Waals surface area (Å²) in [6.07, 6.45) is 7.56. The van der Waals surface area contributed by atoms with Crippen LogP contribution in [0.5, 0.6) is 0 Å². The summed E-state index contributed by atoms with van der Waals surface area (Å²) in [6, 6.07) is 0. The van der Waals surface area contributed by atoms with E-state index in [1.54, 1.807) is 34.6 Å². The van der Waals surface area contributed by atoms with E-state index in [0.717, 1.165) is 25.7 Å². The summed E-state index contributed by atoms with van der Waals surface area (Å²) in [5.74, 6) is -1.64. The SMILES string of the molecule is CCC(CC(CCC(C)(C)C(=O)O)C(=O)OC(C)(C)C)C(=O)OC(CC)C12CC3CC(CC(O)(C3)C1)C2. The van der Waals surface area contributed by atoms with Crippen molar-refractivity contribution in [3.8, 4) is 0 Å². The zero-order chi connectivity index (χ0) is 27.8. The fourth-order valence-electron chi connectivity index (χ4n) is 7.67. The average Bonchev–Trinajstić information content (AvgIpc) is 2.74. The smallest absolute Gasteiger partial charge is 0.309 e. The lowest BCUT2D eigenvalue weighted by Gasteiger charge is -2.62. The number of ether oxygens (including phenoxy) is 2. The molecule has 4 rings (SSSR count). The van der Waals surface area contributed by atoms with Crippen molar-refractivity contribution in [2.75, 3.05) is 0 Å². The van der Waals surface area contributed by atoms with E-state index in [0.29, 0.717) is 43.9 Å². The molecule has 0 heterocycles. The molecule has 0 aromatic carbocycles. The number of rotatable bonds is 12. The molecule has 212 valence electrons. The Kier molecular flexibility index (Phi) is 8.78. The highest BCUT2D eigenvalue weighted by Gasteiger charge is 2.60. The number of hydrogen-bond acceptors (Lipinski definition) is 6. The van der Waals surface area contributed by atoms with E-state index in [4.69, 9.17) is 9.47 Å². The van der Waals surface area contributed by atoms with Gasteiger partial charge in [0.25, 0.3) is 0 Å².